The second-order valence-electron chi connectivity index (χ2n) is 17.7. The van der Waals surface area contributed by atoms with Crippen LogP contribution in [0.2, 0.25) is 0 Å². The predicted octanol–water partition coefficient (Wildman–Crippen LogP) is 6.28. The first kappa shape index (κ1) is 54.5. The Bertz CT molecular complexity index is 1710. The Morgan fingerprint density at radius 1 is 1.03 bits per heavy atom. The van der Waals surface area contributed by atoms with Gasteiger partial charge in [-0.05, 0) is 58.1 Å². The Morgan fingerprint density at radius 3 is 2.32 bits per heavy atom. The molecule has 1 aromatic heterocycles. The SMILES string of the molecule is CC(=O)CCOCCOCCC(=O)CC(C)C(=O)NCCSSCCNC(=O)O[C@H]1[C@@H](C)CCC[C@@]2(C)O[C@H]2C[C@@H](/C(C)=C/c2csc(C)n2)NC(=O)C[C@H](O)C(C)(C)C(=O)[C@@H]1C. The van der Waals surface area contributed by atoms with E-state index in [1.165, 1.54) is 17.7 Å². The van der Waals surface area contributed by atoms with E-state index in [4.69, 9.17) is 18.9 Å². The van der Waals surface area contributed by atoms with E-state index in [2.05, 4.69) is 27.9 Å². The number of alkyl carbamates (subject to hydrolysis) is 1. The number of fused-ring (bicyclic) bond motifs is 1. The van der Waals surface area contributed by atoms with E-state index >= 15 is 0 Å². The molecule has 4 N–H and O–H groups in total. The fourth-order valence-electron chi connectivity index (χ4n) is 7.52. The number of aromatic nitrogens is 1. The molecular weight excluding hydrogens is 869 g/mol. The van der Waals surface area contributed by atoms with Crippen molar-refractivity contribution >= 4 is 74.3 Å². The number of thiazole rings is 1. The van der Waals surface area contributed by atoms with Gasteiger partial charge in [0.1, 0.15) is 23.5 Å². The minimum atomic E-state index is -1.31. The molecule has 15 nitrogen and oxygen atoms in total. The lowest BCUT2D eigenvalue weighted by Gasteiger charge is -2.36. The van der Waals surface area contributed by atoms with Crippen LogP contribution in [0.3, 0.4) is 0 Å². The quantitative estimate of drug-likeness (QED) is 0.0573. The highest BCUT2D eigenvalue weighted by Crippen LogP contribution is 2.45. The van der Waals surface area contributed by atoms with Crippen LogP contribution in [0.5, 0.6) is 0 Å². The lowest BCUT2D eigenvalue weighted by Crippen LogP contribution is -2.48. The fourth-order valence-corrected chi connectivity index (χ4v) is 9.91. The monoisotopic (exact) mass is 940 g/mol. The molecule has 356 valence electrons. The highest BCUT2D eigenvalue weighted by Gasteiger charge is 2.52. The average molecular weight is 941 g/mol. The molecule has 0 bridgehead atoms. The van der Waals surface area contributed by atoms with Crippen molar-refractivity contribution in [2.75, 3.05) is 51.0 Å². The highest BCUT2D eigenvalue weighted by atomic mass is 33.1. The lowest BCUT2D eigenvalue weighted by molar-refractivity contribution is -0.143. The molecule has 0 saturated carbocycles. The number of carbonyl (C=O) groups excluding carboxylic acids is 6. The molecule has 2 aliphatic heterocycles. The van der Waals surface area contributed by atoms with Gasteiger partial charge in [-0.15, -0.1) is 11.3 Å². The van der Waals surface area contributed by atoms with Crippen molar-refractivity contribution in [1.29, 1.82) is 0 Å². The maximum Gasteiger partial charge on any atom is 0.407 e. The van der Waals surface area contributed by atoms with Gasteiger partial charge >= 0.3 is 6.09 Å². The molecule has 3 heterocycles. The Kier molecular flexibility index (Phi) is 23.3. The Labute approximate surface area is 385 Å². The first-order chi connectivity index (χ1) is 29.7. The molecule has 1 unspecified atom stereocenters. The van der Waals surface area contributed by atoms with Gasteiger partial charge < -0.3 is 40.0 Å². The summed E-state index contributed by atoms with van der Waals surface area (Å²) in [5, 5.41) is 23.1. The van der Waals surface area contributed by atoms with Gasteiger partial charge in [0.15, 0.2) is 0 Å². The summed E-state index contributed by atoms with van der Waals surface area (Å²) in [4.78, 5) is 81.0. The van der Waals surface area contributed by atoms with Crippen molar-refractivity contribution < 1.29 is 52.8 Å². The van der Waals surface area contributed by atoms with Crippen molar-refractivity contribution in [2.45, 2.75) is 144 Å². The number of nitrogens with one attached hydrogen (secondary N) is 3. The fraction of sp³-hybridized carbons (Fsp3) is 0.756. The maximum atomic E-state index is 14.1. The molecule has 3 rings (SSSR count). The van der Waals surface area contributed by atoms with Crippen LogP contribution >= 0.6 is 32.9 Å². The number of carbonyl (C=O) groups is 6. The average Bonchev–Trinajstić information content (AvgIpc) is 3.66. The van der Waals surface area contributed by atoms with Gasteiger partial charge in [0, 0.05) is 61.6 Å². The molecule has 1 aromatic rings. The zero-order valence-corrected chi connectivity index (χ0v) is 41.2. The summed E-state index contributed by atoms with van der Waals surface area (Å²) in [7, 11) is 3.08. The summed E-state index contributed by atoms with van der Waals surface area (Å²) in [6.45, 7) is 18.2. The molecule has 8 atom stereocenters. The third kappa shape index (κ3) is 19.2. The highest BCUT2D eigenvalue weighted by molar-refractivity contribution is 8.76. The number of ether oxygens (including phenoxy) is 4. The first-order valence-electron chi connectivity index (χ1n) is 22.2. The molecule has 2 aliphatic rings. The number of amides is 3. The second-order valence-corrected chi connectivity index (χ2v) is 21.5. The van der Waals surface area contributed by atoms with Gasteiger partial charge in [-0.1, -0.05) is 62.6 Å². The number of aryl methyl sites for hydroxylation is 1. The van der Waals surface area contributed by atoms with Crippen molar-refractivity contribution in [3.05, 3.63) is 21.7 Å². The van der Waals surface area contributed by atoms with Gasteiger partial charge in [-0.3, -0.25) is 24.0 Å². The molecule has 0 spiro atoms. The van der Waals surface area contributed by atoms with Crippen LogP contribution in [0, 0.1) is 30.1 Å². The third-order valence-corrected chi connectivity index (χ3v) is 15.0. The summed E-state index contributed by atoms with van der Waals surface area (Å²) < 4.78 is 22.9. The Hall–Kier alpha value is -2.87. The van der Waals surface area contributed by atoms with Gasteiger partial charge in [0.2, 0.25) is 11.8 Å². The van der Waals surface area contributed by atoms with Crippen molar-refractivity contribution in [2.24, 2.45) is 23.2 Å². The van der Waals surface area contributed by atoms with Crippen LogP contribution in [0.4, 0.5) is 4.79 Å². The zero-order chi connectivity index (χ0) is 46.7. The summed E-state index contributed by atoms with van der Waals surface area (Å²) >= 11 is 1.55. The minimum Gasteiger partial charge on any atom is -0.445 e. The number of rotatable bonds is 22. The van der Waals surface area contributed by atoms with E-state index in [9.17, 15) is 33.9 Å². The van der Waals surface area contributed by atoms with E-state index in [0.29, 0.717) is 63.7 Å². The van der Waals surface area contributed by atoms with Crippen LogP contribution < -0.4 is 16.0 Å². The van der Waals surface area contributed by atoms with E-state index in [0.717, 1.165) is 29.1 Å². The van der Waals surface area contributed by atoms with Gasteiger partial charge in [-0.2, -0.15) is 0 Å². The molecule has 3 amide bonds. The second kappa shape index (κ2) is 26.9. The van der Waals surface area contributed by atoms with Crippen LogP contribution in [-0.2, 0) is 42.9 Å². The summed E-state index contributed by atoms with van der Waals surface area (Å²) in [5.41, 5.74) is 0.0662. The van der Waals surface area contributed by atoms with Crippen molar-refractivity contribution in [3.63, 3.8) is 0 Å². The number of hydrogen-bond acceptors (Lipinski definition) is 15. The van der Waals surface area contributed by atoms with Gasteiger partial charge in [0.25, 0.3) is 0 Å². The minimum absolute atomic E-state index is 0.0561. The number of hydrogen-bond donors (Lipinski definition) is 4. The number of ketones is 3. The number of epoxide rings is 1. The van der Waals surface area contributed by atoms with Gasteiger partial charge in [-0.25, -0.2) is 9.78 Å². The zero-order valence-electron chi connectivity index (χ0n) is 38.7. The molecule has 0 aromatic carbocycles. The van der Waals surface area contributed by atoms with Crippen LogP contribution in [-0.4, -0.2) is 126 Å². The Morgan fingerprint density at radius 2 is 1.68 bits per heavy atom. The largest absolute Gasteiger partial charge is 0.445 e. The number of Topliss-reactive ketones (excluding diaryl/α,β-unsaturated/α-hetero) is 3. The molecule has 63 heavy (non-hydrogen) atoms. The molecule has 0 aliphatic carbocycles. The number of aliphatic hydroxyl groups excluding tert-OH is 1. The predicted molar refractivity (Wildman–Crippen MR) is 248 cm³/mol. The van der Waals surface area contributed by atoms with E-state index in [1.54, 1.807) is 49.8 Å². The van der Waals surface area contributed by atoms with Crippen molar-refractivity contribution in [3.8, 4) is 0 Å². The van der Waals surface area contributed by atoms with Crippen LogP contribution in [0.1, 0.15) is 117 Å². The molecular formula is C45H72N4O11S3. The lowest BCUT2D eigenvalue weighted by atomic mass is 9.72. The first-order valence-corrected chi connectivity index (χ1v) is 25.5. The normalized spacial score (nSPS) is 26.2. The van der Waals surface area contributed by atoms with Crippen molar-refractivity contribution in [1.82, 2.24) is 20.9 Å². The standard InChI is InChI=1S/C45H72N4O11S3/c1-28-11-10-14-45(9)38(60-45)25-36(29(2)23-34-27-61-33(6)48-34)49-39(53)26-37(52)44(7,8)41(54)32(5)40(28)59-43(56)47-16-22-63-62-21-15-46-42(55)30(3)24-35(51)13-18-58-20-19-57-17-12-31(4)50/h23,27-28,30,32,36-38,40,52H,10-22,24-26H2,1-9H3,(H,46,55)(H,47,56)(H,49,53)/b29-23+/t28-,30?,32+,36-,37-,38-,40-,45+/m0/s1. The Balaban J connectivity index is 1.43. The topological polar surface area (TPSA) is 212 Å². The third-order valence-electron chi connectivity index (χ3n) is 11.8. The van der Waals surface area contributed by atoms with E-state index in [-0.39, 0.29) is 78.7 Å². The smallest absolute Gasteiger partial charge is 0.407 e. The molecule has 2 fully saturated rings. The maximum absolute atomic E-state index is 14.1. The van der Waals surface area contributed by atoms with Gasteiger partial charge in [0.05, 0.1) is 78.7 Å². The van der Waals surface area contributed by atoms with E-state index in [1.807, 2.05) is 32.2 Å². The summed E-state index contributed by atoms with van der Waals surface area (Å²) in [5.74, 6) is -1.07. The van der Waals surface area contributed by atoms with E-state index < -0.39 is 35.6 Å². The molecule has 2 saturated heterocycles. The summed E-state index contributed by atoms with van der Waals surface area (Å²) in [6.07, 6.45) is 2.40. The summed E-state index contributed by atoms with van der Waals surface area (Å²) in [6, 6.07) is -0.343. The number of aliphatic hydroxyl groups is 1. The molecule has 0 radical (unpaired) electrons. The molecule has 18 heteroatoms. The number of nitrogens with zero attached hydrogens (tertiary/aromatic N) is 1. The van der Waals surface area contributed by atoms with Crippen LogP contribution in [0.25, 0.3) is 6.08 Å². The van der Waals surface area contributed by atoms with Crippen LogP contribution in [0.15, 0.2) is 11.0 Å².